The monoisotopic (exact) mass is 443 g/mol. The maximum Gasteiger partial charge on any atom is 0.295 e. The molecule has 164 valence electrons. The summed E-state index contributed by atoms with van der Waals surface area (Å²) in [5.41, 5.74) is 0.950. The summed E-state index contributed by atoms with van der Waals surface area (Å²) in [6.07, 6.45) is -0.00731. The minimum atomic E-state index is -0.756. The average Bonchev–Trinajstić information content (AvgIpc) is 3.00. The largest absolute Gasteiger partial charge is 0.507 e. The molecule has 0 aromatic heterocycles. The normalized spacial score (nSPS) is 18.1. The maximum absolute atomic E-state index is 13.0. The van der Waals surface area contributed by atoms with E-state index in [1.807, 2.05) is 51.1 Å². The second-order valence-corrected chi connectivity index (χ2v) is 7.80. The first-order chi connectivity index (χ1) is 14.8. The van der Waals surface area contributed by atoms with E-state index < -0.39 is 17.7 Å². The van der Waals surface area contributed by atoms with Gasteiger partial charge in [-0.25, -0.2) is 0 Å². The van der Waals surface area contributed by atoms with Crippen LogP contribution in [0.4, 0.5) is 0 Å². The summed E-state index contributed by atoms with van der Waals surface area (Å²) in [5, 5.41) is 11.4. The van der Waals surface area contributed by atoms with Crippen molar-refractivity contribution >= 4 is 29.1 Å². The van der Waals surface area contributed by atoms with Gasteiger partial charge in [0.05, 0.1) is 36.0 Å². The number of carbonyl (C=O) groups is 2. The number of carbonyl (C=O) groups excluding carboxylic acids is 2. The summed E-state index contributed by atoms with van der Waals surface area (Å²) < 4.78 is 11.1. The zero-order chi connectivity index (χ0) is 22.5. The summed E-state index contributed by atoms with van der Waals surface area (Å²) in [6, 6.07) is 13.2. The number of ketones is 1. The molecule has 0 spiro atoms. The molecule has 1 unspecified atom stereocenters. The minimum Gasteiger partial charge on any atom is -0.507 e. The predicted octanol–water partition coefficient (Wildman–Crippen LogP) is 4.59. The molecule has 3 rings (SSSR count). The summed E-state index contributed by atoms with van der Waals surface area (Å²) in [5.74, 6) is -1.26. The van der Waals surface area contributed by atoms with Crippen LogP contribution in [0.3, 0.4) is 0 Å². The van der Waals surface area contributed by atoms with E-state index in [9.17, 15) is 14.7 Å². The molecule has 1 atom stereocenters. The van der Waals surface area contributed by atoms with Crippen molar-refractivity contribution in [3.63, 3.8) is 0 Å². The second-order valence-electron chi connectivity index (χ2n) is 7.40. The predicted molar refractivity (Wildman–Crippen MR) is 119 cm³/mol. The van der Waals surface area contributed by atoms with E-state index in [0.717, 1.165) is 0 Å². The van der Waals surface area contributed by atoms with Gasteiger partial charge in [-0.2, -0.15) is 0 Å². The highest BCUT2D eigenvalue weighted by Gasteiger charge is 2.46. The van der Waals surface area contributed by atoms with E-state index in [-0.39, 0.29) is 41.2 Å². The van der Waals surface area contributed by atoms with Gasteiger partial charge in [0, 0.05) is 12.1 Å². The molecule has 2 aromatic rings. The Morgan fingerprint density at radius 3 is 2.52 bits per heavy atom. The van der Waals surface area contributed by atoms with Crippen LogP contribution >= 0.6 is 11.6 Å². The van der Waals surface area contributed by atoms with Crippen molar-refractivity contribution in [2.24, 2.45) is 0 Å². The fraction of sp³-hybridized carbons (Fsp3) is 0.333. The Kier molecular flexibility index (Phi) is 7.36. The lowest BCUT2D eigenvalue weighted by Crippen LogP contribution is -2.33. The van der Waals surface area contributed by atoms with Crippen LogP contribution in [0.25, 0.3) is 5.76 Å². The van der Waals surface area contributed by atoms with Crippen molar-refractivity contribution in [3.05, 3.63) is 70.3 Å². The Morgan fingerprint density at radius 1 is 1.16 bits per heavy atom. The van der Waals surface area contributed by atoms with Crippen LogP contribution in [0.15, 0.2) is 54.1 Å². The molecule has 1 aliphatic rings. The number of hydrogen-bond donors (Lipinski definition) is 1. The number of amides is 1. The van der Waals surface area contributed by atoms with Gasteiger partial charge in [0.25, 0.3) is 11.7 Å². The molecule has 0 aliphatic carbocycles. The van der Waals surface area contributed by atoms with Gasteiger partial charge >= 0.3 is 0 Å². The van der Waals surface area contributed by atoms with Crippen molar-refractivity contribution in [3.8, 4) is 5.75 Å². The number of ether oxygens (including phenoxy) is 2. The van der Waals surface area contributed by atoms with Crippen LogP contribution in [-0.4, -0.2) is 47.6 Å². The first-order valence-corrected chi connectivity index (χ1v) is 10.6. The van der Waals surface area contributed by atoms with Gasteiger partial charge in [-0.1, -0.05) is 41.9 Å². The Hall–Kier alpha value is -2.83. The number of aliphatic hydroxyl groups is 1. The third kappa shape index (κ3) is 4.92. The van der Waals surface area contributed by atoms with E-state index in [1.165, 1.54) is 4.90 Å². The summed E-state index contributed by atoms with van der Waals surface area (Å²) in [7, 11) is 0. The number of nitrogens with zero attached hydrogens (tertiary/aromatic N) is 1. The number of Topliss-reactive ketones (excluding diaryl/α,β-unsaturated/α-hetero) is 1. The fourth-order valence-corrected chi connectivity index (χ4v) is 3.77. The van der Waals surface area contributed by atoms with Gasteiger partial charge in [0.1, 0.15) is 11.5 Å². The number of aliphatic hydroxyl groups excluding tert-OH is 1. The van der Waals surface area contributed by atoms with Gasteiger partial charge in [0.15, 0.2) is 0 Å². The lowest BCUT2D eigenvalue weighted by atomic mass is 9.95. The van der Waals surface area contributed by atoms with E-state index in [4.69, 9.17) is 21.1 Å². The molecule has 1 aliphatic heterocycles. The molecule has 31 heavy (non-hydrogen) atoms. The standard InChI is InChI=1S/C24H26ClNO5/c1-4-30-17-10-11-19(25)18(14-17)22(27)20-21(16-8-6-5-7-9-16)26(24(29)23(20)28)12-13-31-15(2)3/h5-11,14-15,21,27H,4,12-13H2,1-3H3/b22-20+. The number of halogens is 1. The fourth-order valence-electron chi connectivity index (χ4n) is 3.57. The minimum absolute atomic E-state index is 0.00343. The third-order valence-corrected chi connectivity index (χ3v) is 5.27. The number of hydrogen-bond acceptors (Lipinski definition) is 5. The summed E-state index contributed by atoms with van der Waals surface area (Å²) >= 11 is 6.32. The molecule has 1 saturated heterocycles. The van der Waals surface area contributed by atoms with Crippen LogP contribution in [0.1, 0.15) is 37.9 Å². The van der Waals surface area contributed by atoms with Gasteiger partial charge in [0.2, 0.25) is 0 Å². The molecule has 0 bridgehead atoms. The molecule has 0 radical (unpaired) electrons. The van der Waals surface area contributed by atoms with Crippen LogP contribution in [0.2, 0.25) is 5.02 Å². The zero-order valence-corrected chi connectivity index (χ0v) is 18.6. The Morgan fingerprint density at radius 2 is 1.87 bits per heavy atom. The number of benzene rings is 2. The molecule has 7 heteroatoms. The highest BCUT2D eigenvalue weighted by atomic mass is 35.5. The van der Waals surface area contributed by atoms with Crippen LogP contribution < -0.4 is 4.74 Å². The molecule has 1 amide bonds. The maximum atomic E-state index is 13.0. The molecule has 1 heterocycles. The van der Waals surface area contributed by atoms with Crippen molar-refractivity contribution in [1.29, 1.82) is 0 Å². The lowest BCUT2D eigenvalue weighted by molar-refractivity contribution is -0.140. The van der Waals surface area contributed by atoms with Gasteiger partial charge < -0.3 is 19.5 Å². The highest BCUT2D eigenvalue weighted by Crippen LogP contribution is 2.40. The Labute approximate surface area is 187 Å². The van der Waals surface area contributed by atoms with E-state index in [2.05, 4.69) is 0 Å². The molecule has 1 N–H and O–H groups in total. The average molecular weight is 444 g/mol. The lowest BCUT2D eigenvalue weighted by Gasteiger charge is -2.25. The molecule has 2 aromatic carbocycles. The second kappa shape index (κ2) is 9.98. The quantitative estimate of drug-likeness (QED) is 0.367. The van der Waals surface area contributed by atoms with Crippen molar-refractivity contribution < 1.29 is 24.2 Å². The topological polar surface area (TPSA) is 76.1 Å². The molecule has 6 nitrogen and oxygen atoms in total. The molecule has 0 saturated carbocycles. The van der Waals surface area contributed by atoms with Crippen molar-refractivity contribution in [2.75, 3.05) is 19.8 Å². The van der Waals surface area contributed by atoms with Gasteiger partial charge in [-0.3, -0.25) is 9.59 Å². The van der Waals surface area contributed by atoms with Gasteiger partial charge in [-0.05, 0) is 44.5 Å². The first-order valence-electron chi connectivity index (χ1n) is 10.2. The molecule has 1 fully saturated rings. The third-order valence-electron chi connectivity index (χ3n) is 4.94. The van der Waals surface area contributed by atoms with Crippen LogP contribution in [0.5, 0.6) is 5.75 Å². The highest BCUT2D eigenvalue weighted by molar-refractivity contribution is 6.47. The Bertz CT molecular complexity index is 987. The number of rotatable bonds is 8. The SMILES string of the molecule is CCOc1ccc(Cl)c(/C(O)=C2\C(=O)C(=O)N(CCOC(C)C)C2c2ccccc2)c1. The Balaban J connectivity index is 2.11. The van der Waals surface area contributed by atoms with E-state index in [1.54, 1.807) is 18.2 Å². The van der Waals surface area contributed by atoms with E-state index >= 15 is 0 Å². The van der Waals surface area contributed by atoms with Crippen LogP contribution in [0, 0.1) is 0 Å². The molecular formula is C24H26ClNO5. The summed E-state index contributed by atoms with van der Waals surface area (Å²) in [6.45, 7) is 6.56. The molecular weight excluding hydrogens is 418 g/mol. The van der Waals surface area contributed by atoms with E-state index in [0.29, 0.717) is 17.9 Å². The van der Waals surface area contributed by atoms with Crippen molar-refractivity contribution in [1.82, 2.24) is 4.90 Å². The number of likely N-dealkylation sites (tertiary alicyclic amines) is 1. The van der Waals surface area contributed by atoms with Gasteiger partial charge in [-0.15, -0.1) is 0 Å². The first kappa shape index (κ1) is 22.8. The smallest absolute Gasteiger partial charge is 0.295 e. The van der Waals surface area contributed by atoms with Crippen molar-refractivity contribution in [2.45, 2.75) is 32.9 Å². The zero-order valence-electron chi connectivity index (χ0n) is 17.8. The summed E-state index contributed by atoms with van der Waals surface area (Å²) in [4.78, 5) is 27.3. The van der Waals surface area contributed by atoms with Crippen LogP contribution in [-0.2, 0) is 14.3 Å².